The van der Waals surface area contributed by atoms with Crippen molar-refractivity contribution < 1.29 is 19.4 Å². The van der Waals surface area contributed by atoms with E-state index in [0.29, 0.717) is 25.3 Å². The number of hydrogen-bond donors (Lipinski definition) is 1. The Balaban J connectivity index is 2.02. The quantitative estimate of drug-likeness (QED) is 0.857. The second-order valence-electron chi connectivity index (χ2n) is 4.57. The van der Waals surface area contributed by atoms with Gasteiger partial charge in [0.25, 0.3) is 5.91 Å². The van der Waals surface area contributed by atoms with Crippen LogP contribution in [0, 0.1) is 0 Å². The number of hydrogen-bond acceptors (Lipinski definition) is 4. The van der Waals surface area contributed by atoms with Gasteiger partial charge in [-0.2, -0.15) is 0 Å². The molecule has 0 aliphatic carbocycles. The molecule has 1 unspecified atom stereocenters. The second kappa shape index (κ2) is 6.76. The van der Waals surface area contributed by atoms with Crippen LogP contribution in [0.15, 0.2) is 29.2 Å². The van der Waals surface area contributed by atoms with Crippen molar-refractivity contribution in [3.63, 3.8) is 0 Å². The number of thioether (sulfide) groups is 1. The molecule has 2 rings (SSSR count). The smallest absolute Gasteiger partial charge is 0.306 e. The molecule has 0 bridgehead atoms. The van der Waals surface area contributed by atoms with Crippen LogP contribution in [0.25, 0.3) is 0 Å². The normalized spacial score (nSPS) is 18.9. The van der Waals surface area contributed by atoms with Crippen LogP contribution in [0.5, 0.6) is 0 Å². The van der Waals surface area contributed by atoms with Crippen LogP contribution in [0.2, 0.25) is 0 Å². The predicted octanol–water partition coefficient (Wildman–Crippen LogP) is 1.72. The lowest BCUT2D eigenvalue weighted by Crippen LogP contribution is -2.46. The summed E-state index contributed by atoms with van der Waals surface area (Å²) >= 11 is 1.62. The number of morpholine rings is 1. The average molecular weight is 295 g/mol. The van der Waals surface area contributed by atoms with Gasteiger partial charge in [-0.05, 0) is 30.5 Å². The number of amides is 1. The molecule has 1 saturated heterocycles. The summed E-state index contributed by atoms with van der Waals surface area (Å²) in [7, 11) is 0. The van der Waals surface area contributed by atoms with E-state index < -0.39 is 12.1 Å². The largest absolute Gasteiger partial charge is 0.481 e. The van der Waals surface area contributed by atoms with Crippen LogP contribution in [0.3, 0.4) is 0 Å². The molecule has 1 amide bonds. The highest BCUT2D eigenvalue weighted by atomic mass is 32.2. The van der Waals surface area contributed by atoms with E-state index in [0.717, 1.165) is 4.90 Å². The van der Waals surface area contributed by atoms with Gasteiger partial charge in [0.15, 0.2) is 0 Å². The van der Waals surface area contributed by atoms with Gasteiger partial charge in [0.2, 0.25) is 0 Å². The third kappa shape index (κ3) is 3.74. The zero-order valence-electron chi connectivity index (χ0n) is 11.2. The highest BCUT2D eigenvalue weighted by molar-refractivity contribution is 7.98. The first kappa shape index (κ1) is 14.9. The van der Waals surface area contributed by atoms with Crippen LogP contribution in [0.1, 0.15) is 16.8 Å². The number of aliphatic carboxylic acids is 1. The van der Waals surface area contributed by atoms with Crippen LogP contribution in [0.4, 0.5) is 0 Å². The van der Waals surface area contributed by atoms with Gasteiger partial charge in [0.05, 0.1) is 19.1 Å². The molecule has 1 aliphatic heterocycles. The van der Waals surface area contributed by atoms with Gasteiger partial charge in [-0.3, -0.25) is 9.59 Å². The van der Waals surface area contributed by atoms with Crippen molar-refractivity contribution in [3.05, 3.63) is 29.8 Å². The van der Waals surface area contributed by atoms with Gasteiger partial charge in [-0.25, -0.2) is 0 Å². The average Bonchev–Trinajstić information content (AvgIpc) is 2.46. The summed E-state index contributed by atoms with van der Waals surface area (Å²) in [4.78, 5) is 25.8. The van der Waals surface area contributed by atoms with Crippen molar-refractivity contribution >= 4 is 23.6 Å². The minimum absolute atomic E-state index is 0.0728. The van der Waals surface area contributed by atoms with Crippen LogP contribution >= 0.6 is 11.8 Å². The van der Waals surface area contributed by atoms with E-state index in [9.17, 15) is 9.59 Å². The molecular formula is C14H17NO4S. The van der Waals surface area contributed by atoms with E-state index in [1.165, 1.54) is 0 Å². The molecule has 108 valence electrons. The number of carbonyl (C=O) groups excluding carboxylic acids is 1. The Bertz CT molecular complexity index is 488. The van der Waals surface area contributed by atoms with Crippen molar-refractivity contribution in [2.45, 2.75) is 17.4 Å². The molecule has 5 nitrogen and oxygen atoms in total. The van der Waals surface area contributed by atoms with Gasteiger partial charge < -0.3 is 14.7 Å². The minimum atomic E-state index is -0.909. The summed E-state index contributed by atoms with van der Waals surface area (Å²) < 4.78 is 5.36. The number of carboxylic acid groups (broad SMARTS) is 1. The highest BCUT2D eigenvalue weighted by Crippen LogP contribution is 2.17. The lowest BCUT2D eigenvalue weighted by Gasteiger charge is -2.32. The Labute approximate surface area is 121 Å². The van der Waals surface area contributed by atoms with Crippen molar-refractivity contribution in [1.82, 2.24) is 4.90 Å². The molecule has 1 fully saturated rings. The fourth-order valence-electron chi connectivity index (χ4n) is 2.14. The van der Waals surface area contributed by atoms with E-state index in [2.05, 4.69) is 0 Å². The Morgan fingerprint density at radius 3 is 2.70 bits per heavy atom. The standard InChI is InChI=1S/C14H17NO4S/c1-20-12-4-2-10(3-5-12)14(18)15-6-7-19-11(9-15)8-13(16)17/h2-5,11H,6-9H2,1H3,(H,16,17). The molecule has 1 aliphatic rings. The Morgan fingerprint density at radius 1 is 1.40 bits per heavy atom. The zero-order valence-corrected chi connectivity index (χ0v) is 12.1. The first-order valence-electron chi connectivity index (χ1n) is 6.37. The van der Waals surface area contributed by atoms with Crippen molar-refractivity contribution in [2.24, 2.45) is 0 Å². The molecule has 1 N–H and O–H groups in total. The molecule has 1 atom stereocenters. The lowest BCUT2D eigenvalue weighted by atomic mass is 10.1. The molecular weight excluding hydrogens is 278 g/mol. The summed E-state index contributed by atoms with van der Waals surface area (Å²) in [6, 6.07) is 7.42. The number of ether oxygens (including phenoxy) is 1. The first-order chi connectivity index (χ1) is 9.60. The van der Waals surface area contributed by atoms with Crippen molar-refractivity contribution in [3.8, 4) is 0 Å². The van der Waals surface area contributed by atoms with Crippen LogP contribution in [-0.2, 0) is 9.53 Å². The maximum absolute atomic E-state index is 12.3. The fraction of sp³-hybridized carbons (Fsp3) is 0.429. The van der Waals surface area contributed by atoms with E-state index >= 15 is 0 Å². The van der Waals surface area contributed by atoms with Gasteiger partial charge in [-0.15, -0.1) is 11.8 Å². The maximum atomic E-state index is 12.3. The van der Waals surface area contributed by atoms with Crippen molar-refractivity contribution in [1.29, 1.82) is 0 Å². The number of carboxylic acids is 1. The van der Waals surface area contributed by atoms with Crippen LogP contribution in [-0.4, -0.2) is 53.9 Å². The van der Waals surface area contributed by atoms with Crippen molar-refractivity contribution in [2.75, 3.05) is 26.0 Å². The number of rotatable bonds is 4. The molecule has 0 radical (unpaired) electrons. The van der Waals surface area contributed by atoms with E-state index in [-0.39, 0.29) is 12.3 Å². The monoisotopic (exact) mass is 295 g/mol. The maximum Gasteiger partial charge on any atom is 0.306 e. The zero-order chi connectivity index (χ0) is 14.5. The van der Waals surface area contributed by atoms with Gasteiger partial charge in [-0.1, -0.05) is 0 Å². The van der Waals surface area contributed by atoms with Crippen LogP contribution < -0.4 is 0 Å². The third-order valence-corrected chi connectivity index (χ3v) is 3.91. The first-order valence-corrected chi connectivity index (χ1v) is 7.59. The predicted molar refractivity (Wildman–Crippen MR) is 76.1 cm³/mol. The van der Waals surface area contributed by atoms with E-state index in [1.54, 1.807) is 28.8 Å². The number of nitrogens with zero attached hydrogens (tertiary/aromatic N) is 1. The van der Waals surface area contributed by atoms with E-state index in [4.69, 9.17) is 9.84 Å². The SMILES string of the molecule is CSc1ccc(C(=O)N2CCOC(CC(=O)O)C2)cc1. The second-order valence-corrected chi connectivity index (χ2v) is 5.45. The Kier molecular flexibility index (Phi) is 5.03. The molecule has 0 spiro atoms. The summed E-state index contributed by atoms with van der Waals surface area (Å²) in [6.45, 7) is 1.21. The highest BCUT2D eigenvalue weighted by Gasteiger charge is 2.26. The Hall–Kier alpha value is -1.53. The molecule has 1 aromatic rings. The number of carbonyl (C=O) groups is 2. The number of benzene rings is 1. The van der Waals surface area contributed by atoms with Gasteiger partial charge in [0, 0.05) is 23.5 Å². The molecule has 1 heterocycles. The molecule has 6 heteroatoms. The van der Waals surface area contributed by atoms with Gasteiger partial charge in [0.1, 0.15) is 0 Å². The van der Waals surface area contributed by atoms with E-state index in [1.807, 2.05) is 18.4 Å². The molecule has 0 aromatic heterocycles. The fourth-order valence-corrected chi connectivity index (χ4v) is 2.55. The summed E-state index contributed by atoms with van der Waals surface area (Å²) in [6.07, 6.45) is 1.49. The summed E-state index contributed by atoms with van der Waals surface area (Å²) in [5.41, 5.74) is 0.624. The summed E-state index contributed by atoms with van der Waals surface area (Å²) in [5.74, 6) is -0.982. The molecule has 1 aromatic carbocycles. The summed E-state index contributed by atoms with van der Waals surface area (Å²) in [5, 5.41) is 8.78. The third-order valence-electron chi connectivity index (χ3n) is 3.17. The topological polar surface area (TPSA) is 66.8 Å². The van der Waals surface area contributed by atoms with Gasteiger partial charge >= 0.3 is 5.97 Å². The molecule has 20 heavy (non-hydrogen) atoms. The minimum Gasteiger partial charge on any atom is -0.481 e. The molecule has 0 saturated carbocycles. The lowest BCUT2D eigenvalue weighted by molar-refractivity contribution is -0.141. The Morgan fingerprint density at radius 2 is 2.10 bits per heavy atom.